The van der Waals surface area contributed by atoms with E-state index in [-0.39, 0.29) is 17.8 Å². The van der Waals surface area contributed by atoms with Crippen molar-refractivity contribution in [1.82, 2.24) is 20.9 Å². The van der Waals surface area contributed by atoms with Crippen molar-refractivity contribution in [1.29, 1.82) is 0 Å². The van der Waals surface area contributed by atoms with Crippen molar-refractivity contribution < 1.29 is 23.9 Å². The lowest BCUT2D eigenvalue weighted by molar-refractivity contribution is -0.136. The Bertz CT molecular complexity index is 925. The SMILES string of the molecule is CO.CONNC1CC2=C(C(=O)OC)CN=C(c3nccs3)N2C1.Fc1cccc(Cl)c1. The highest BCUT2D eigenvalue weighted by atomic mass is 35.5. The number of aliphatic hydroxyl groups is 1. The van der Waals surface area contributed by atoms with Crippen LogP contribution in [0.4, 0.5) is 4.39 Å². The van der Waals surface area contributed by atoms with E-state index in [1.54, 1.807) is 18.3 Å². The van der Waals surface area contributed by atoms with E-state index < -0.39 is 0 Å². The van der Waals surface area contributed by atoms with Crippen LogP contribution in [0, 0.1) is 5.82 Å². The molecule has 9 nitrogen and oxygen atoms in total. The Morgan fingerprint density at radius 3 is 2.72 bits per heavy atom. The third kappa shape index (κ3) is 6.79. The Morgan fingerprint density at radius 2 is 2.16 bits per heavy atom. The van der Waals surface area contributed by atoms with E-state index in [0.717, 1.165) is 23.7 Å². The van der Waals surface area contributed by atoms with Gasteiger partial charge in [-0.15, -0.1) is 16.9 Å². The number of hydrogen-bond acceptors (Lipinski definition) is 10. The third-order valence-corrected chi connectivity index (χ3v) is 5.37. The number of nitrogens with zero attached hydrogens (tertiary/aromatic N) is 3. The number of thiazole rings is 1. The molecular weight excluding hydrogens is 461 g/mol. The standard InChI is InChI=1S/C13H17N5O3S.C6H4ClF.CH4O/c1-20-13(19)9-6-15-11(12-14-3-4-22-12)18-7-8(5-10(9)18)16-17-21-2;7-5-2-1-3-6(8)4-5;1-2/h3-4,8,16-17H,5-7H2,1-2H3;1-4H;2H,1H3. The molecule has 2 aromatic rings. The Balaban J connectivity index is 0.000000304. The average molecular weight is 486 g/mol. The molecule has 1 saturated heterocycles. The van der Waals surface area contributed by atoms with Crippen LogP contribution in [0.15, 0.2) is 52.1 Å². The largest absolute Gasteiger partial charge is 0.466 e. The van der Waals surface area contributed by atoms with Crippen LogP contribution in [0.5, 0.6) is 0 Å². The molecule has 1 aromatic heterocycles. The number of carbonyl (C=O) groups is 1. The fraction of sp³-hybridized carbons (Fsp3) is 0.350. The van der Waals surface area contributed by atoms with Gasteiger partial charge in [-0.2, -0.15) is 0 Å². The van der Waals surface area contributed by atoms with Gasteiger partial charge >= 0.3 is 5.97 Å². The maximum absolute atomic E-state index is 12.1. The van der Waals surface area contributed by atoms with Gasteiger partial charge in [0.25, 0.3) is 0 Å². The van der Waals surface area contributed by atoms with Crippen LogP contribution in [0.1, 0.15) is 11.4 Å². The summed E-state index contributed by atoms with van der Waals surface area (Å²) in [5, 5.41) is 10.2. The summed E-state index contributed by atoms with van der Waals surface area (Å²) in [5.41, 5.74) is 7.23. The zero-order chi connectivity index (χ0) is 23.5. The summed E-state index contributed by atoms with van der Waals surface area (Å²) >= 11 is 6.93. The number of ether oxygens (including phenoxy) is 1. The number of esters is 1. The molecule has 4 rings (SSSR count). The molecule has 2 aliphatic heterocycles. The minimum atomic E-state index is -0.331. The van der Waals surface area contributed by atoms with Gasteiger partial charge < -0.3 is 14.7 Å². The van der Waals surface area contributed by atoms with Gasteiger partial charge in [-0.05, 0) is 18.2 Å². The van der Waals surface area contributed by atoms with Gasteiger partial charge in [-0.25, -0.2) is 19.6 Å². The molecule has 3 N–H and O–H groups in total. The van der Waals surface area contributed by atoms with E-state index in [0.29, 0.717) is 30.1 Å². The molecule has 1 fully saturated rings. The smallest absolute Gasteiger partial charge is 0.337 e. The zero-order valence-electron chi connectivity index (χ0n) is 17.8. The predicted molar refractivity (Wildman–Crippen MR) is 121 cm³/mol. The van der Waals surface area contributed by atoms with E-state index in [4.69, 9.17) is 26.3 Å². The number of aliphatic hydroxyl groups excluding tert-OH is 1. The first kappa shape index (κ1) is 25.8. The van der Waals surface area contributed by atoms with Crippen molar-refractivity contribution in [3.63, 3.8) is 0 Å². The van der Waals surface area contributed by atoms with Crippen molar-refractivity contribution in [3.05, 3.63) is 63.0 Å². The van der Waals surface area contributed by atoms with Gasteiger partial charge in [-0.3, -0.25) is 9.83 Å². The van der Waals surface area contributed by atoms with Gasteiger partial charge in [0.15, 0.2) is 10.8 Å². The molecule has 0 bridgehead atoms. The number of carbonyl (C=O) groups excluding carboxylic acids is 1. The van der Waals surface area contributed by atoms with Crippen LogP contribution >= 0.6 is 22.9 Å². The van der Waals surface area contributed by atoms with Crippen molar-refractivity contribution in [2.24, 2.45) is 4.99 Å². The maximum Gasteiger partial charge on any atom is 0.337 e. The number of hydrazine groups is 1. The Labute approximate surface area is 194 Å². The van der Waals surface area contributed by atoms with Crippen molar-refractivity contribution >= 4 is 34.7 Å². The van der Waals surface area contributed by atoms with Crippen LogP contribution in [0.3, 0.4) is 0 Å². The number of rotatable bonds is 5. The summed E-state index contributed by atoms with van der Waals surface area (Å²) in [6.45, 7) is 0.989. The summed E-state index contributed by atoms with van der Waals surface area (Å²) in [7, 11) is 3.92. The van der Waals surface area contributed by atoms with Gasteiger partial charge in [0.1, 0.15) is 5.82 Å². The van der Waals surface area contributed by atoms with Crippen LogP contribution in [0.25, 0.3) is 0 Å². The average Bonchev–Trinajstić information content (AvgIpc) is 3.48. The fourth-order valence-corrected chi connectivity index (χ4v) is 3.92. The normalized spacial score (nSPS) is 16.9. The molecule has 12 heteroatoms. The second kappa shape index (κ2) is 13.2. The minimum absolute atomic E-state index is 0.0952. The van der Waals surface area contributed by atoms with Crippen molar-refractivity contribution in [2.45, 2.75) is 12.5 Å². The molecule has 0 spiro atoms. The number of benzene rings is 1. The second-order valence-electron chi connectivity index (χ2n) is 6.30. The van der Waals surface area contributed by atoms with Gasteiger partial charge in [0.2, 0.25) is 0 Å². The molecule has 0 amide bonds. The van der Waals surface area contributed by atoms with Crippen LogP contribution in [-0.4, -0.2) is 67.3 Å². The Kier molecular flexibility index (Phi) is 10.7. The highest BCUT2D eigenvalue weighted by Gasteiger charge is 2.37. The molecule has 1 unspecified atom stereocenters. The number of fused-ring (bicyclic) bond motifs is 1. The summed E-state index contributed by atoms with van der Waals surface area (Å²) in [5.74, 6) is 0.180. The first-order chi connectivity index (χ1) is 15.5. The molecule has 1 aromatic carbocycles. The lowest BCUT2D eigenvalue weighted by Gasteiger charge is -2.26. The van der Waals surface area contributed by atoms with Gasteiger partial charge in [0, 0.05) is 48.4 Å². The fourth-order valence-electron chi connectivity index (χ4n) is 3.09. The van der Waals surface area contributed by atoms with Crippen molar-refractivity contribution in [3.8, 4) is 0 Å². The predicted octanol–water partition coefficient (Wildman–Crippen LogP) is 2.15. The molecular formula is C20H25ClFN5O4S. The summed E-state index contributed by atoms with van der Waals surface area (Å²) < 4.78 is 17.0. The number of halogens is 2. The molecule has 32 heavy (non-hydrogen) atoms. The Hall–Kier alpha value is -2.41. The number of aliphatic imine (C=N–C) groups is 1. The number of nitrogens with one attached hydrogen (secondary N) is 2. The summed E-state index contributed by atoms with van der Waals surface area (Å²) in [6.07, 6.45) is 2.44. The van der Waals surface area contributed by atoms with Gasteiger partial charge in [-0.1, -0.05) is 17.7 Å². The van der Waals surface area contributed by atoms with Crippen molar-refractivity contribution in [2.75, 3.05) is 34.4 Å². The lowest BCUT2D eigenvalue weighted by atomic mass is 10.1. The zero-order valence-corrected chi connectivity index (χ0v) is 19.4. The molecule has 2 aliphatic rings. The van der Waals surface area contributed by atoms with E-state index in [1.807, 2.05) is 10.3 Å². The second-order valence-corrected chi connectivity index (χ2v) is 7.63. The third-order valence-electron chi connectivity index (χ3n) is 4.37. The van der Waals surface area contributed by atoms with E-state index in [1.165, 1.54) is 37.7 Å². The number of amidine groups is 1. The first-order valence-electron chi connectivity index (χ1n) is 9.45. The monoisotopic (exact) mass is 485 g/mol. The highest BCUT2D eigenvalue weighted by Crippen LogP contribution is 2.31. The number of methoxy groups -OCH3 is 1. The topological polar surface area (TPSA) is 108 Å². The summed E-state index contributed by atoms with van der Waals surface area (Å²) in [6, 6.07) is 5.91. The molecule has 174 valence electrons. The Morgan fingerprint density at radius 1 is 1.38 bits per heavy atom. The van der Waals surface area contributed by atoms with E-state index >= 15 is 0 Å². The highest BCUT2D eigenvalue weighted by molar-refractivity contribution is 7.11. The molecule has 0 aliphatic carbocycles. The number of aromatic nitrogens is 1. The number of hydrogen-bond donors (Lipinski definition) is 3. The summed E-state index contributed by atoms with van der Waals surface area (Å²) in [4.78, 5) is 27.7. The van der Waals surface area contributed by atoms with Crippen LogP contribution in [0.2, 0.25) is 5.02 Å². The van der Waals surface area contributed by atoms with E-state index in [2.05, 4.69) is 21.0 Å². The molecule has 3 heterocycles. The maximum atomic E-state index is 12.1. The minimum Gasteiger partial charge on any atom is -0.466 e. The van der Waals surface area contributed by atoms with Crippen LogP contribution in [-0.2, 0) is 14.4 Å². The molecule has 0 radical (unpaired) electrons. The molecule has 1 atom stereocenters. The van der Waals surface area contributed by atoms with Crippen LogP contribution < -0.4 is 11.0 Å². The quantitative estimate of drug-likeness (QED) is 0.436. The molecule has 0 saturated carbocycles. The lowest BCUT2D eigenvalue weighted by Crippen LogP contribution is -2.42. The van der Waals surface area contributed by atoms with E-state index in [9.17, 15) is 9.18 Å². The first-order valence-corrected chi connectivity index (χ1v) is 10.7. The van der Waals surface area contributed by atoms with Gasteiger partial charge in [0.05, 0.1) is 26.3 Å².